The largest absolute Gasteiger partial charge is 0.399 e. The Morgan fingerprint density at radius 1 is 1.27 bits per heavy atom. The van der Waals surface area contributed by atoms with E-state index in [-0.39, 0.29) is 0 Å². The molecule has 0 amide bonds. The standard InChI is InChI=1S/C13H21NS/c1-3-4-5-9-15-10-12-7-6-8-13(14)11(12)2/h6-8H,3-5,9-10,14H2,1-2H3. The maximum absolute atomic E-state index is 5.86. The highest BCUT2D eigenvalue weighted by atomic mass is 32.2. The van der Waals surface area contributed by atoms with Crippen LogP contribution in [0.3, 0.4) is 0 Å². The first-order valence-corrected chi connectivity index (χ1v) is 6.83. The van der Waals surface area contributed by atoms with Crippen LogP contribution in [-0.4, -0.2) is 5.75 Å². The number of unbranched alkanes of at least 4 members (excludes halogenated alkanes) is 2. The van der Waals surface area contributed by atoms with E-state index in [0.29, 0.717) is 0 Å². The van der Waals surface area contributed by atoms with Crippen LogP contribution in [0, 0.1) is 6.92 Å². The summed E-state index contributed by atoms with van der Waals surface area (Å²) in [6, 6.07) is 6.20. The lowest BCUT2D eigenvalue weighted by molar-refractivity contribution is 0.778. The predicted octanol–water partition coefficient (Wildman–Crippen LogP) is 4.00. The molecular formula is C13H21NS. The summed E-state index contributed by atoms with van der Waals surface area (Å²) in [5.41, 5.74) is 9.42. The minimum atomic E-state index is 0.918. The highest BCUT2D eigenvalue weighted by molar-refractivity contribution is 7.98. The molecule has 15 heavy (non-hydrogen) atoms. The van der Waals surface area contributed by atoms with Crippen molar-refractivity contribution in [3.63, 3.8) is 0 Å². The summed E-state index contributed by atoms with van der Waals surface area (Å²) in [6.45, 7) is 4.35. The molecular weight excluding hydrogens is 202 g/mol. The van der Waals surface area contributed by atoms with Crippen molar-refractivity contribution in [3.8, 4) is 0 Å². The van der Waals surface area contributed by atoms with Crippen LogP contribution < -0.4 is 5.73 Å². The molecule has 0 spiro atoms. The average Bonchev–Trinajstić information content (AvgIpc) is 2.24. The number of hydrogen-bond acceptors (Lipinski definition) is 2. The second-order valence-corrected chi connectivity index (χ2v) is 5.00. The molecule has 0 unspecified atom stereocenters. The lowest BCUT2D eigenvalue weighted by Gasteiger charge is -2.07. The Morgan fingerprint density at radius 3 is 2.80 bits per heavy atom. The fourth-order valence-corrected chi connectivity index (χ4v) is 2.58. The van der Waals surface area contributed by atoms with Crippen molar-refractivity contribution in [2.45, 2.75) is 38.9 Å². The van der Waals surface area contributed by atoms with Crippen LogP contribution in [-0.2, 0) is 5.75 Å². The van der Waals surface area contributed by atoms with E-state index < -0.39 is 0 Å². The smallest absolute Gasteiger partial charge is 0.0346 e. The van der Waals surface area contributed by atoms with Crippen molar-refractivity contribution in [1.82, 2.24) is 0 Å². The molecule has 1 rings (SSSR count). The molecule has 0 aliphatic carbocycles. The Bertz CT molecular complexity index is 297. The molecule has 0 bridgehead atoms. The molecule has 1 aromatic carbocycles. The van der Waals surface area contributed by atoms with Crippen LogP contribution in [0.1, 0.15) is 37.3 Å². The second-order valence-electron chi connectivity index (χ2n) is 3.89. The minimum Gasteiger partial charge on any atom is -0.399 e. The molecule has 0 aromatic heterocycles. The van der Waals surface area contributed by atoms with Gasteiger partial charge in [0.2, 0.25) is 0 Å². The van der Waals surface area contributed by atoms with Gasteiger partial charge in [0.1, 0.15) is 0 Å². The number of nitrogens with two attached hydrogens (primary N) is 1. The van der Waals surface area contributed by atoms with E-state index in [1.54, 1.807) is 0 Å². The maximum Gasteiger partial charge on any atom is 0.0346 e. The summed E-state index contributed by atoms with van der Waals surface area (Å²) in [6.07, 6.45) is 3.99. The number of anilines is 1. The van der Waals surface area contributed by atoms with Crippen molar-refractivity contribution < 1.29 is 0 Å². The Kier molecular flexibility index (Phi) is 5.62. The molecule has 0 radical (unpaired) electrons. The lowest BCUT2D eigenvalue weighted by atomic mass is 10.1. The molecule has 0 aliphatic rings. The number of thioether (sulfide) groups is 1. The molecule has 0 saturated heterocycles. The molecule has 0 heterocycles. The molecule has 0 atom stereocenters. The molecule has 0 fully saturated rings. The second kappa shape index (κ2) is 6.78. The SMILES string of the molecule is CCCCCSCc1cccc(N)c1C. The first-order chi connectivity index (χ1) is 7.25. The third kappa shape index (κ3) is 4.17. The zero-order valence-electron chi connectivity index (χ0n) is 9.75. The summed E-state index contributed by atoms with van der Waals surface area (Å²) in [7, 11) is 0. The van der Waals surface area contributed by atoms with Gasteiger partial charge in [-0.15, -0.1) is 0 Å². The summed E-state index contributed by atoms with van der Waals surface area (Å²) in [4.78, 5) is 0. The Hall–Kier alpha value is -0.630. The third-order valence-electron chi connectivity index (χ3n) is 2.64. The molecule has 0 saturated carbocycles. The van der Waals surface area contributed by atoms with Gasteiger partial charge in [0.05, 0.1) is 0 Å². The normalized spacial score (nSPS) is 10.5. The van der Waals surface area contributed by atoms with Gasteiger partial charge in [0.25, 0.3) is 0 Å². The van der Waals surface area contributed by atoms with Crippen molar-refractivity contribution in [2.24, 2.45) is 0 Å². The maximum atomic E-state index is 5.86. The van der Waals surface area contributed by atoms with Crippen LogP contribution >= 0.6 is 11.8 Å². The van der Waals surface area contributed by atoms with E-state index in [4.69, 9.17) is 5.73 Å². The molecule has 2 N–H and O–H groups in total. The predicted molar refractivity (Wildman–Crippen MR) is 71.3 cm³/mol. The van der Waals surface area contributed by atoms with Gasteiger partial charge in [-0.25, -0.2) is 0 Å². The van der Waals surface area contributed by atoms with Gasteiger partial charge in [-0.1, -0.05) is 31.9 Å². The van der Waals surface area contributed by atoms with E-state index in [1.807, 2.05) is 23.9 Å². The Morgan fingerprint density at radius 2 is 2.07 bits per heavy atom. The van der Waals surface area contributed by atoms with Crippen molar-refractivity contribution in [2.75, 3.05) is 11.5 Å². The molecule has 0 aliphatic heterocycles. The number of hydrogen-bond donors (Lipinski definition) is 1. The topological polar surface area (TPSA) is 26.0 Å². The summed E-state index contributed by atoms with van der Waals surface area (Å²) < 4.78 is 0. The lowest BCUT2D eigenvalue weighted by Crippen LogP contribution is -1.94. The van der Waals surface area contributed by atoms with Gasteiger partial charge >= 0.3 is 0 Å². The van der Waals surface area contributed by atoms with Gasteiger partial charge in [0, 0.05) is 11.4 Å². The summed E-state index contributed by atoms with van der Waals surface area (Å²) in [5, 5.41) is 0. The minimum absolute atomic E-state index is 0.918. The van der Waals surface area contributed by atoms with Gasteiger partial charge in [-0.05, 0) is 36.3 Å². The van der Waals surface area contributed by atoms with Crippen LogP contribution in [0.2, 0.25) is 0 Å². The zero-order chi connectivity index (χ0) is 11.1. The van der Waals surface area contributed by atoms with Gasteiger partial charge in [-0.3, -0.25) is 0 Å². The summed E-state index contributed by atoms with van der Waals surface area (Å²) in [5.74, 6) is 2.36. The fraction of sp³-hybridized carbons (Fsp3) is 0.538. The van der Waals surface area contributed by atoms with Crippen molar-refractivity contribution >= 4 is 17.4 Å². The van der Waals surface area contributed by atoms with Crippen molar-refractivity contribution in [1.29, 1.82) is 0 Å². The van der Waals surface area contributed by atoms with Gasteiger partial charge in [-0.2, -0.15) is 11.8 Å². The zero-order valence-corrected chi connectivity index (χ0v) is 10.6. The number of nitrogen functional groups attached to an aromatic ring is 1. The average molecular weight is 223 g/mol. The van der Waals surface area contributed by atoms with Crippen LogP contribution in [0.25, 0.3) is 0 Å². The van der Waals surface area contributed by atoms with E-state index >= 15 is 0 Å². The van der Waals surface area contributed by atoms with Crippen LogP contribution in [0.15, 0.2) is 18.2 Å². The van der Waals surface area contributed by atoms with Crippen molar-refractivity contribution in [3.05, 3.63) is 29.3 Å². The first kappa shape index (κ1) is 12.4. The quantitative estimate of drug-likeness (QED) is 0.582. The molecule has 84 valence electrons. The van der Waals surface area contributed by atoms with E-state index in [0.717, 1.165) is 11.4 Å². The van der Waals surface area contributed by atoms with Crippen LogP contribution in [0.4, 0.5) is 5.69 Å². The highest BCUT2D eigenvalue weighted by Crippen LogP contribution is 2.21. The number of rotatable bonds is 6. The fourth-order valence-electron chi connectivity index (χ4n) is 1.50. The van der Waals surface area contributed by atoms with E-state index in [9.17, 15) is 0 Å². The highest BCUT2D eigenvalue weighted by Gasteiger charge is 2.00. The van der Waals surface area contributed by atoms with E-state index in [2.05, 4.69) is 19.9 Å². The Balaban J connectivity index is 2.34. The van der Waals surface area contributed by atoms with Crippen LogP contribution in [0.5, 0.6) is 0 Å². The van der Waals surface area contributed by atoms with E-state index in [1.165, 1.54) is 36.1 Å². The Labute approximate surface area is 97.4 Å². The first-order valence-electron chi connectivity index (χ1n) is 5.67. The monoisotopic (exact) mass is 223 g/mol. The summed E-state index contributed by atoms with van der Waals surface area (Å²) >= 11 is 2.01. The van der Waals surface area contributed by atoms with Gasteiger partial charge in [0.15, 0.2) is 0 Å². The molecule has 1 nitrogen and oxygen atoms in total. The molecule has 1 aromatic rings. The van der Waals surface area contributed by atoms with Gasteiger partial charge < -0.3 is 5.73 Å². The molecule has 2 heteroatoms. The third-order valence-corrected chi connectivity index (χ3v) is 3.73. The number of benzene rings is 1.